The molecule has 2 aromatic carbocycles. The second kappa shape index (κ2) is 5.07. The Labute approximate surface area is 116 Å². The van der Waals surface area contributed by atoms with Gasteiger partial charge in [0.15, 0.2) is 0 Å². The zero-order valence-electron chi connectivity index (χ0n) is 7.74. The van der Waals surface area contributed by atoms with Crippen molar-refractivity contribution in [1.82, 2.24) is 0 Å². The number of hydrogen-bond acceptors (Lipinski definition) is 2. The molecule has 0 unspecified atom stereocenters. The summed E-state index contributed by atoms with van der Waals surface area (Å²) in [6.45, 7) is 0. The Hall–Kier alpha value is -0.428. The molecule has 0 radical (unpaired) electrons. The molecule has 0 spiro atoms. The Morgan fingerprint density at radius 2 is 1.67 bits per heavy atom. The van der Waals surface area contributed by atoms with Gasteiger partial charge in [-0.25, -0.2) is 0 Å². The predicted molar refractivity (Wildman–Crippen MR) is 61.7 cm³/mol. The molecule has 15 heavy (non-hydrogen) atoms. The number of hydrogen-bond donors (Lipinski definition) is 0. The van der Waals surface area contributed by atoms with Crippen LogP contribution >= 0.6 is 15.9 Å². The van der Waals surface area contributed by atoms with Crippen LogP contribution in [-0.4, -0.2) is 33.3 Å². The molecule has 0 saturated heterocycles. The summed E-state index contributed by atoms with van der Waals surface area (Å²) in [5.41, 5.74) is 0.226. The first kappa shape index (κ1) is 12.6. The number of fused-ring (bicyclic) bond motifs is 1. The van der Waals surface area contributed by atoms with E-state index in [2.05, 4.69) is 15.9 Å². The first-order chi connectivity index (χ1) is 6.70. The molecule has 0 aliphatic rings. The number of carbonyl (C=O) groups excluding carboxylic acids is 1. The van der Waals surface area contributed by atoms with Crippen LogP contribution in [0.25, 0.3) is 10.8 Å². The molecule has 0 heterocycles. The van der Waals surface area contributed by atoms with Crippen LogP contribution in [0, 0.1) is 0 Å². The maximum atomic E-state index is 10.8. The van der Waals surface area contributed by atoms with Gasteiger partial charge in [0, 0.05) is 10.0 Å². The molecule has 0 atom stereocenters. The Balaban J connectivity index is 0.00000112. The quantitative estimate of drug-likeness (QED) is 0.615. The number of halogens is 1. The monoisotopic (exact) mass is 454 g/mol. The molecule has 2 nitrogen and oxygen atoms in total. The van der Waals surface area contributed by atoms with Crippen molar-refractivity contribution in [3.8, 4) is 0 Å². The summed E-state index contributed by atoms with van der Waals surface area (Å²) in [7, 11) is 0. The first-order valence-corrected chi connectivity index (χ1v) is 4.88. The first-order valence-electron chi connectivity index (χ1n) is 4.09. The maximum absolute atomic E-state index is 10.8. The van der Waals surface area contributed by atoms with Gasteiger partial charge < -0.3 is 9.90 Å². The van der Waals surface area contributed by atoms with Crippen LogP contribution < -0.4 is 5.11 Å². The molecular formula is C11H6BrO2Tl. The molecule has 72 valence electrons. The van der Waals surface area contributed by atoms with Crippen LogP contribution in [0.1, 0.15) is 10.4 Å². The minimum atomic E-state index is -1.14. The number of carboxylic acids is 1. The van der Waals surface area contributed by atoms with Crippen LogP contribution in [0.2, 0.25) is 0 Å². The van der Waals surface area contributed by atoms with E-state index in [1.165, 1.54) is 0 Å². The number of rotatable bonds is 1. The Bertz CT molecular complexity index is 511. The molecule has 0 bridgehead atoms. The number of carboxylic acid groups (broad SMARTS) is 1. The average Bonchev–Trinajstić information content (AvgIpc) is 2.18. The molecule has 0 aromatic heterocycles. The van der Waals surface area contributed by atoms with E-state index in [9.17, 15) is 9.90 Å². The standard InChI is InChI=1S/C11H7BrO2.Tl/c12-10-6-5-9(11(13)14)7-3-1-2-4-8(7)10;/h1-6H,(H,13,14);/q;+1/p-1. The van der Waals surface area contributed by atoms with Crippen LogP contribution in [0.3, 0.4) is 0 Å². The smallest absolute Gasteiger partial charge is 0.545 e. The zero-order valence-corrected chi connectivity index (χ0v) is 13.8. The van der Waals surface area contributed by atoms with E-state index in [0.29, 0.717) is 5.39 Å². The van der Waals surface area contributed by atoms with E-state index in [1.54, 1.807) is 24.3 Å². The van der Waals surface area contributed by atoms with Crippen molar-refractivity contribution in [3.05, 3.63) is 46.4 Å². The van der Waals surface area contributed by atoms with Gasteiger partial charge in [-0.1, -0.05) is 46.3 Å². The molecule has 4 heteroatoms. The van der Waals surface area contributed by atoms with Gasteiger partial charge in [0.1, 0.15) is 0 Å². The minimum Gasteiger partial charge on any atom is -0.545 e. The van der Waals surface area contributed by atoms with E-state index >= 15 is 0 Å². The van der Waals surface area contributed by atoms with Crippen molar-refractivity contribution < 1.29 is 9.90 Å². The van der Waals surface area contributed by atoms with Crippen molar-refractivity contribution >= 4 is 60.0 Å². The fraction of sp³-hybridized carbons (Fsp3) is 0. The third-order valence-corrected chi connectivity index (χ3v) is 2.78. The normalized spacial score (nSPS) is 9.67. The van der Waals surface area contributed by atoms with Crippen molar-refractivity contribution in [2.24, 2.45) is 0 Å². The van der Waals surface area contributed by atoms with Gasteiger partial charge in [-0.15, -0.1) is 0 Å². The summed E-state index contributed by atoms with van der Waals surface area (Å²) < 4.78 is 0.887. The van der Waals surface area contributed by atoms with Gasteiger partial charge in [-0.05, 0) is 16.8 Å². The van der Waals surface area contributed by atoms with Gasteiger partial charge in [-0.3, -0.25) is 0 Å². The molecular weight excluding hydrogens is 448 g/mol. The molecule has 2 aromatic rings. The molecule has 0 fully saturated rings. The summed E-state index contributed by atoms with van der Waals surface area (Å²) in [6.07, 6.45) is 0. The molecule has 0 aliphatic carbocycles. The van der Waals surface area contributed by atoms with E-state index in [1.807, 2.05) is 12.1 Å². The van der Waals surface area contributed by atoms with Crippen LogP contribution in [-0.2, 0) is 0 Å². The average molecular weight is 454 g/mol. The predicted octanol–water partition coefficient (Wildman–Crippen LogP) is 1.58. The summed E-state index contributed by atoms with van der Waals surface area (Å²) in [6, 6.07) is 10.6. The third-order valence-electron chi connectivity index (χ3n) is 2.09. The fourth-order valence-corrected chi connectivity index (χ4v) is 1.92. The van der Waals surface area contributed by atoms with Crippen molar-refractivity contribution in [3.63, 3.8) is 0 Å². The SMILES string of the molecule is O=C([O-])c1ccc(Br)c2ccccc12.[Tl+]. The van der Waals surface area contributed by atoms with Gasteiger partial charge >= 0.3 is 27.3 Å². The summed E-state index contributed by atoms with van der Waals surface area (Å²) in [4.78, 5) is 10.8. The molecule has 0 amide bonds. The van der Waals surface area contributed by atoms with E-state index in [-0.39, 0.29) is 32.9 Å². The van der Waals surface area contributed by atoms with Crippen LogP contribution in [0.15, 0.2) is 40.9 Å². The van der Waals surface area contributed by atoms with Crippen LogP contribution in [0.4, 0.5) is 0 Å². The second-order valence-corrected chi connectivity index (χ2v) is 3.78. The third kappa shape index (κ3) is 2.39. The largest absolute Gasteiger partial charge is 1.00 e. The molecule has 0 N–H and O–H groups in total. The number of benzene rings is 2. The van der Waals surface area contributed by atoms with Crippen molar-refractivity contribution in [1.29, 1.82) is 0 Å². The zero-order chi connectivity index (χ0) is 10.1. The Morgan fingerprint density at radius 3 is 2.27 bits per heavy atom. The van der Waals surface area contributed by atoms with Crippen LogP contribution in [0.5, 0.6) is 0 Å². The van der Waals surface area contributed by atoms with E-state index < -0.39 is 5.97 Å². The topological polar surface area (TPSA) is 40.1 Å². The Morgan fingerprint density at radius 1 is 1.07 bits per heavy atom. The van der Waals surface area contributed by atoms with E-state index in [0.717, 1.165) is 9.86 Å². The Kier molecular flexibility index (Phi) is 4.27. The van der Waals surface area contributed by atoms with Gasteiger partial charge in [-0.2, -0.15) is 0 Å². The van der Waals surface area contributed by atoms with Crippen molar-refractivity contribution in [2.45, 2.75) is 0 Å². The summed E-state index contributed by atoms with van der Waals surface area (Å²) >= 11 is 3.37. The molecule has 2 rings (SSSR count). The van der Waals surface area contributed by atoms with Gasteiger partial charge in [0.2, 0.25) is 0 Å². The second-order valence-electron chi connectivity index (χ2n) is 2.93. The molecule has 0 saturated carbocycles. The fourth-order valence-electron chi connectivity index (χ4n) is 1.44. The number of carbonyl (C=O) groups is 1. The summed E-state index contributed by atoms with van der Waals surface area (Å²) in [5.74, 6) is -1.14. The van der Waals surface area contributed by atoms with Gasteiger partial charge in [0.25, 0.3) is 0 Å². The van der Waals surface area contributed by atoms with Crippen molar-refractivity contribution in [2.75, 3.05) is 0 Å². The maximum Gasteiger partial charge on any atom is 1.00 e. The summed E-state index contributed by atoms with van der Waals surface area (Å²) in [5, 5.41) is 12.4. The molecule has 0 aliphatic heterocycles. The van der Waals surface area contributed by atoms with E-state index in [4.69, 9.17) is 0 Å². The van der Waals surface area contributed by atoms with Gasteiger partial charge in [0.05, 0.1) is 5.97 Å². The minimum absolute atomic E-state index is 0. The number of aromatic carboxylic acids is 1.